The molecule has 0 aromatic carbocycles. The molecule has 0 aliphatic carbocycles. The van der Waals surface area contributed by atoms with E-state index in [1.54, 1.807) is 11.3 Å². The fourth-order valence-electron chi connectivity index (χ4n) is 2.29. The van der Waals surface area contributed by atoms with Crippen LogP contribution in [0.4, 0.5) is 5.82 Å². The first-order chi connectivity index (χ1) is 9.63. The lowest BCUT2D eigenvalue weighted by molar-refractivity contribution is 0.243. The van der Waals surface area contributed by atoms with Crippen LogP contribution in [0.25, 0.3) is 10.2 Å². The van der Waals surface area contributed by atoms with Gasteiger partial charge in [-0.2, -0.15) is 0 Å². The van der Waals surface area contributed by atoms with E-state index in [4.69, 9.17) is 9.97 Å². The van der Waals surface area contributed by atoms with Crippen molar-refractivity contribution in [2.24, 2.45) is 5.92 Å². The zero-order valence-corrected chi connectivity index (χ0v) is 13.6. The molecule has 110 valence electrons. The maximum atomic E-state index is 4.70. The Balaban J connectivity index is 2.24. The molecule has 0 radical (unpaired) electrons. The average Bonchev–Trinajstić information content (AvgIpc) is 2.86. The lowest BCUT2D eigenvalue weighted by Gasteiger charge is -2.21. The van der Waals surface area contributed by atoms with Crippen LogP contribution in [0.15, 0.2) is 11.4 Å². The summed E-state index contributed by atoms with van der Waals surface area (Å²) in [6.45, 7) is 12.6. The van der Waals surface area contributed by atoms with Gasteiger partial charge in [0.1, 0.15) is 16.5 Å². The number of nitrogens with zero attached hydrogens (tertiary/aromatic N) is 3. The van der Waals surface area contributed by atoms with E-state index < -0.39 is 0 Å². The van der Waals surface area contributed by atoms with Crippen LogP contribution in [-0.4, -0.2) is 34.5 Å². The minimum Gasteiger partial charge on any atom is -0.370 e. The lowest BCUT2D eigenvalue weighted by Crippen LogP contribution is -2.28. The van der Waals surface area contributed by atoms with Crippen LogP contribution in [0.3, 0.4) is 0 Å². The van der Waals surface area contributed by atoms with Crippen LogP contribution in [0.1, 0.15) is 33.5 Å². The number of rotatable bonds is 7. The number of hydrogen-bond donors (Lipinski definition) is 1. The molecule has 2 aromatic heterocycles. The van der Waals surface area contributed by atoms with Crippen molar-refractivity contribution in [3.63, 3.8) is 0 Å². The van der Waals surface area contributed by atoms with Gasteiger partial charge < -0.3 is 5.32 Å². The Morgan fingerprint density at radius 2 is 2.10 bits per heavy atom. The van der Waals surface area contributed by atoms with E-state index in [1.807, 2.05) is 0 Å². The van der Waals surface area contributed by atoms with Gasteiger partial charge in [0.25, 0.3) is 0 Å². The summed E-state index contributed by atoms with van der Waals surface area (Å²) >= 11 is 1.68. The van der Waals surface area contributed by atoms with Crippen LogP contribution >= 0.6 is 11.3 Å². The fourth-order valence-corrected chi connectivity index (χ4v) is 3.08. The number of thiophene rings is 1. The molecule has 0 bridgehead atoms. The molecule has 0 amide bonds. The van der Waals surface area contributed by atoms with E-state index in [1.165, 1.54) is 0 Å². The standard InChI is InChI=1S/C15H24N4S/c1-5-16-14-12-7-8-20-15(12)18-13(17-14)10-19(6-2)9-11(3)4/h7-8,11H,5-6,9-10H2,1-4H3,(H,16,17,18). The molecule has 0 aliphatic rings. The van der Waals surface area contributed by atoms with E-state index in [9.17, 15) is 0 Å². The van der Waals surface area contributed by atoms with E-state index in [0.717, 1.165) is 48.0 Å². The number of aromatic nitrogens is 2. The van der Waals surface area contributed by atoms with Gasteiger partial charge in [-0.15, -0.1) is 11.3 Å². The quantitative estimate of drug-likeness (QED) is 0.846. The van der Waals surface area contributed by atoms with Crippen LogP contribution in [0.2, 0.25) is 0 Å². The van der Waals surface area contributed by atoms with Gasteiger partial charge in [-0.3, -0.25) is 4.90 Å². The zero-order chi connectivity index (χ0) is 14.5. The summed E-state index contributed by atoms with van der Waals surface area (Å²) in [6.07, 6.45) is 0. The molecule has 5 heteroatoms. The molecule has 0 saturated carbocycles. The van der Waals surface area contributed by atoms with Gasteiger partial charge in [-0.1, -0.05) is 20.8 Å². The Bertz CT molecular complexity index is 550. The molecule has 2 aromatic rings. The van der Waals surface area contributed by atoms with Crippen molar-refractivity contribution in [1.29, 1.82) is 0 Å². The second-order valence-electron chi connectivity index (χ2n) is 5.38. The number of fused-ring (bicyclic) bond motifs is 1. The number of hydrogen-bond acceptors (Lipinski definition) is 5. The van der Waals surface area contributed by atoms with Crippen molar-refractivity contribution in [2.45, 2.75) is 34.2 Å². The van der Waals surface area contributed by atoms with Crippen molar-refractivity contribution in [3.05, 3.63) is 17.3 Å². The van der Waals surface area contributed by atoms with E-state index in [2.05, 4.69) is 49.4 Å². The highest BCUT2D eigenvalue weighted by atomic mass is 32.1. The molecule has 1 N–H and O–H groups in total. The highest BCUT2D eigenvalue weighted by Gasteiger charge is 2.12. The molecule has 0 aliphatic heterocycles. The van der Waals surface area contributed by atoms with Gasteiger partial charge in [0, 0.05) is 13.1 Å². The Morgan fingerprint density at radius 3 is 2.75 bits per heavy atom. The molecule has 2 heterocycles. The lowest BCUT2D eigenvalue weighted by atomic mass is 10.2. The molecular weight excluding hydrogens is 268 g/mol. The Hall–Kier alpha value is -1.20. The first kappa shape index (κ1) is 15.2. The van der Waals surface area contributed by atoms with Gasteiger partial charge in [0.15, 0.2) is 0 Å². The minimum atomic E-state index is 0.661. The predicted molar refractivity (Wildman–Crippen MR) is 87.4 cm³/mol. The zero-order valence-electron chi connectivity index (χ0n) is 12.8. The summed E-state index contributed by atoms with van der Waals surface area (Å²) in [5.41, 5.74) is 0. The highest BCUT2D eigenvalue weighted by Crippen LogP contribution is 2.25. The average molecular weight is 292 g/mol. The molecule has 0 saturated heterocycles. The molecular formula is C15H24N4S. The number of nitrogens with one attached hydrogen (secondary N) is 1. The van der Waals surface area contributed by atoms with Crippen molar-refractivity contribution < 1.29 is 0 Å². The van der Waals surface area contributed by atoms with Crippen molar-refractivity contribution in [1.82, 2.24) is 14.9 Å². The summed E-state index contributed by atoms with van der Waals surface area (Å²) in [4.78, 5) is 12.9. The third-order valence-electron chi connectivity index (χ3n) is 3.15. The van der Waals surface area contributed by atoms with Crippen molar-refractivity contribution >= 4 is 27.4 Å². The van der Waals surface area contributed by atoms with Gasteiger partial charge in [0.2, 0.25) is 0 Å². The second kappa shape index (κ2) is 6.99. The van der Waals surface area contributed by atoms with E-state index >= 15 is 0 Å². The molecule has 2 rings (SSSR count). The Kier molecular flexibility index (Phi) is 5.31. The van der Waals surface area contributed by atoms with Gasteiger partial charge in [-0.05, 0) is 30.8 Å². The molecule has 0 unspecified atom stereocenters. The maximum Gasteiger partial charge on any atom is 0.146 e. The summed E-state index contributed by atoms with van der Waals surface area (Å²) in [6, 6.07) is 2.09. The summed E-state index contributed by atoms with van der Waals surface area (Å²) in [5.74, 6) is 2.54. The third kappa shape index (κ3) is 3.67. The predicted octanol–water partition coefficient (Wildman–Crippen LogP) is 3.60. The van der Waals surface area contributed by atoms with Crippen LogP contribution in [0.5, 0.6) is 0 Å². The van der Waals surface area contributed by atoms with Crippen LogP contribution < -0.4 is 5.32 Å². The largest absolute Gasteiger partial charge is 0.370 e. The van der Waals surface area contributed by atoms with E-state index in [-0.39, 0.29) is 0 Å². The SMILES string of the molecule is CCNc1nc(CN(CC)CC(C)C)nc2sccc12. The summed E-state index contributed by atoms with van der Waals surface area (Å²) in [5, 5.41) is 6.56. The molecule has 4 nitrogen and oxygen atoms in total. The first-order valence-corrected chi connectivity index (χ1v) is 8.22. The van der Waals surface area contributed by atoms with Gasteiger partial charge >= 0.3 is 0 Å². The Morgan fingerprint density at radius 1 is 1.30 bits per heavy atom. The second-order valence-corrected chi connectivity index (χ2v) is 6.27. The topological polar surface area (TPSA) is 41.1 Å². The Labute approximate surface area is 125 Å². The summed E-state index contributed by atoms with van der Waals surface area (Å²) in [7, 11) is 0. The molecule has 0 atom stereocenters. The van der Waals surface area contributed by atoms with Crippen LogP contribution in [-0.2, 0) is 6.54 Å². The van der Waals surface area contributed by atoms with Gasteiger partial charge in [-0.25, -0.2) is 9.97 Å². The van der Waals surface area contributed by atoms with E-state index in [0.29, 0.717) is 5.92 Å². The monoisotopic (exact) mass is 292 g/mol. The maximum absolute atomic E-state index is 4.70. The molecule has 0 spiro atoms. The van der Waals surface area contributed by atoms with Crippen molar-refractivity contribution in [3.8, 4) is 0 Å². The third-order valence-corrected chi connectivity index (χ3v) is 3.96. The normalized spacial score (nSPS) is 11.7. The first-order valence-electron chi connectivity index (χ1n) is 7.34. The smallest absolute Gasteiger partial charge is 0.146 e. The summed E-state index contributed by atoms with van der Waals surface area (Å²) < 4.78 is 0. The van der Waals surface area contributed by atoms with Gasteiger partial charge in [0.05, 0.1) is 11.9 Å². The minimum absolute atomic E-state index is 0.661. The number of anilines is 1. The molecule has 0 fully saturated rings. The van der Waals surface area contributed by atoms with Crippen molar-refractivity contribution in [2.75, 3.05) is 25.0 Å². The highest BCUT2D eigenvalue weighted by molar-refractivity contribution is 7.16. The molecule has 20 heavy (non-hydrogen) atoms. The van der Waals surface area contributed by atoms with Crippen LogP contribution in [0, 0.1) is 5.92 Å². The fraction of sp³-hybridized carbons (Fsp3) is 0.600.